The number of thiazole rings is 1. The maximum atomic E-state index is 12.8. The van der Waals surface area contributed by atoms with Gasteiger partial charge in [-0.25, -0.2) is 9.78 Å². The molecule has 134 valence electrons. The fourth-order valence-corrected chi connectivity index (χ4v) is 5.24. The molecule has 6 nitrogen and oxygen atoms in total. The average molecular weight is 396 g/mol. The van der Waals surface area contributed by atoms with Crippen molar-refractivity contribution in [2.75, 3.05) is 5.75 Å². The van der Waals surface area contributed by atoms with E-state index in [2.05, 4.69) is 4.98 Å². The van der Waals surface area contributed by atoms with Gasteiger partial charge in [0.15, 0.2) is 0 Å². The van der Waals surface area contributed by atoms with Crippen molar-refractivity contribution in [3.05, 3.63) is 33.4 Å². The number of hydrogen-bond acceptors (Lipinski definition) is 7. The van der Waals surface area contributed by atoms with Crippen molar-refractivity contribution < 1.29 is 14.0 Å². The van der Waals surface area contributed by atoms with Crippen LogP contribution in [0.2, 0.25) is 19.6 Å². The van der Waals surface area contributed by atoms with Crippen LogP contribution in [0.5, 0.6) is 0 Å². The number of amides is 1. The topological polar surface area (TPSA) is 85.5 Å². The summed E-state index contributed by atoms with van der Waals surface area (Å²) in [6.07, 6.45) is 3.83. The lowest BCUT2D eigenvalue weighted by molar-refractivity contribution is -0.147. The van der Waals surface area contributed by atoms with Crippen LogP contribution in [0.1, 0.15) is 10.6 Å². The highest BCUT2D eigenvalue weighted by Gasteiger charge is 2.52. The molecule has 1 aromatic rings. The van der Waals surface area contributed by atoms with E-state index >= 15 is 0 Å². The Kier molecular flexibility index (Phi) is 4.93. The van der Waals surface area contributed by atoms with Gasteiger partial charge in [-0.3, -0.25) is 9.69 Å². The van der Waals surface area contributed by atoms with E-state index in [4.69, 9.17) is 10.2 Å². The maximum Gasteiger partial charge on any atom is 0.342 e. The van der Waals surface area contributed by atoms with E-state index in [-0.39, 0.29) is 11.3 Å². The number of nitrogens with two attached hydrogens (primary N) is 1. The Hall–Kier alpha value is -1.42. The minimum atomic E-state index is -2.08. The molecule has 2 N–H and O–H groups in total. The minimum absolute atomic E-state index is 0.182. The summed E-state index contributed by atoms with van der Waals surface area (Å²) in [6, 6.07) is -0.547. The van der Waals surface area contributed by atoms with Gasteiger partial charge in [-0.2, -0.15) is 0 Å². The standard InChI is InChI=1S/C16H21N3O3S2Si/c1-9-11(24-8-18-9)6-5-10-7-23-15-12(17)14(20)19(15)13(10)16(21)22-25(2,3)4/h5-6,8,12,15H,7,17H2,1-4H3/b6-5-/t12?,15-/m0/s1. The molecule has 1 fully saturated rings. The number of aryl methyl sites for hydroxylation is 1. The van der Waals surface area contributed by atoms with Crippen LogP contribution in [0.3, 0.4) is 0 Å². The number of β-lactam (4-membered cyclic amide) rings is 1. The molecule has 1 saturated heterocycles. The molecule has 0 spiro atoms. The smallest absolute Gasteiger partial charge is 0.342 e. The molecule has 3 heterocycles. The Morgan fingerprint density at radius 1 is 1.44 bits per heavy atom. The van der Waals surface area contributed by atoms with Gasteiger partial charge in [0.2, 0.25) is 14.2 Å². The first-order chi connectivity index (χ1) is 11.7. The Morgan fingerprint density at radius 2 is 2.16 bits per heavy atom. The molecule has 3 rings (SSSR count). The van der Waals surface area contributed by atoms with Gasteiger partial charge in [-0.15, -0.1) is 23.1 Å². The fraction of sp³-hybridized carbons (Fsp3) is 0.438. The zero-order valence-electron chi connectivity index (χ0n) is 14.6. The van der Waals surface area contributed by atoms with Crippen molar-refractivity contribution >= 4 is 49.4 Å². The van der Waals surface area contributed by atoms with Crippen molar-refractivity contribution in [1.82, 2.24) is 9.88 Å². The average Bonchev–Trinajstić information content (AvgIpc) is 2.94. The number of rotatable bonds is 4. The Balaban J connectivity index is 1.97. The first kappa shape index (κ1) is 18.4. The number of carbonyl (C=O) groups excluding carboxylic acids is 2. The maximum absolute atomic E-state index is 12.8. The highest BCUT2D eigenvalue weighted by Crippen LogP contribution is 2.40. The van der Waals surface area contributed by atoms with Crippen LogP contribution in [-0.2, 0) is 14.0 Å². The molecule has 0 aliphatic carbocycles. The molecule has 0 saturated carbocycles. The Labute approximate surface area is 156 Å². The summed E-state index contributed by atoms with van der Waals surface area (Å²) >= 11 is 3.11. The first-order valence-electron chi connectivity index (χ1n) is 7.94. The predicted molar refractivity (Wildman–Crippen MR) is 103 cm³/mol. The van der Waals surface area contributed by atoms with Crippen molar-refractivity contribution in [1.29, 1.82) is 0 Å². The Bertz CT molecular complexity index is 782. The first-order valence-corrected chi connectivity index (χ1v) is 13.3. The third-order valence-electron chi connectivity index (χ3n) is 3.85. The van der Waals surface area contributed by atoms with Crippen LogP contribution in [-0.4, -0.2) is 47.2 Å². The van der Waals surface area contributed by atoms with E-state index in [9.17, 15) is 9.59 Å². The molecule has 2 aliphatic heterocycles. The van der Waals surface area contributed by atoms with Crippen LogP contribution >= 0.6 is 23.1 Å². The zero-order chi connectivity index (χ0) is 18.4. The lowest BCUT2D eigenvalue weighted by Crippen LogP contribution is -2.68. The van der Waals surface area contributed by atoms with Crippen molar-refractivity contribution in [3.8, 4) is 0 Å². The Morgan fingerprint density at radius 3 is 2.76 bits per heavy atom. The second-order valence-electron chi connectivity index (χ2n) is 6.95. The van der Waals surface area contributed by atoms with Gasteiger partial charge in [-0.1, -0.05) is 6.08 Å². The number of thioether (sulfide) groups is 1. The summed E-state index contributed by atoms with van der Waals surface area (Å²) < 4.78 is 5.66. The third kappa shape index (κ3) is 3.59. The SMILES string of the molecule is Cc1ncsc1/C=C\C1=C(C(=O)O[Si](C)(C)C)N2C(=O)C(N)[C@@H]2SC1. The molecular weight excluding hydrogens is 374 g/mol. The van der Waals surface area contributed by atoms with Gasteiger partial charge in [0.25, 0.3) is 0 Å². The summed E-state index contributed by atoms with van der Waals surface area (Å²) in [7, 11) is -2.08. The minimum Gasteiger partial charge on any atom is -0.515 e. The van der Waals surface area contributed by atoms with Crippen LogP contribution in [0.25, 0.3) is 6.08 Å². The summed E-state index contributed by atoms with van der Waals surface area (Å²) in [5.41, 5.74) is 9.74. The van der Waals surface area contributed by atoms with E-state index < -0.39 is 20.3 Å². The van der Waals surface area contributed by atoms with Gasteiger partial charge >= 0.3 is 5.97 Å². The van der Waals surface area contributed by atoms with E-state index in [1.165, 1.54) is 16.2 Å². The van der Waals surface area contributed by atoms with Crippen LogP contribution in [0.4, 0.5) is 0 Å². The molecule has 0 bridgehead atoms. The largest absolute Gasteiger partial charge is 0.515 e. The normalized spacial score (nSPS) is 23.7. The molecule has 0 aromatic carbocycles. The number of nitrogens with zero attached hydrogens (tertiary/aromatic N) is 2. The second-order valence-corrected chi connectivity index (χ2v) is 13.4. The van der Waals surface area contributed by atoms with E-state index in [0.717, 1.165) is 16.1 Å². The van der Waals surface area contributed by atoms with Crippen molar-refractivity contribution in [3.63, 3.8) is 0 Å². The monoisotopic (exact) mass is 395 g/mol. The summed E-state index contributed by atoms with van der Waals surface area (Å²) in [5.74, 6) is -0.0305. The molecular formula is C16H21N3O3S2Si. The number of fused-ring (bicyclic) bond motifs is 1. The van der Waals surface area contributed by atoms with Crippen molar-refractivity contribution in [2.24, 2.45) is 5.73 Å². The van der Waals surface area contributed by atoms with E-state index in [1.807, 2.05) is 38.7 Å². The fourth-order valence-electron chi connectivity index (χ4n) is 2.63. The van der Waals surface area contributed by atoms with E-state index in [1.54, 1.807) is 17.3 Å². The number of hydrogen-bond donors (Lipinski definition) is 1. The zero-order valence-corrected chi connectivity index (χ0v) is 17.2. The molecule has 9 heteroatoms. The molecule has 0 radical (unpaired) electrons. The molecule has 25 heavy (non-hydrogen) atoms. The number of carbonyl (C=O) groups is 2. The van der Waals surface area contributed by atoms with Gasteiger partial charge in [-0.05, 0) is 38.2 Å². The lowest BCUT2D eigenvalue weighted by Gasteiger charge is -2.48. The number of allylic oxidation sites excluding steroid dienone is 1. The van der Waals surface area contributed by atoms with Gasteiger partial charge in [0.05, 0.1) is 11.2 Å². The predicted octanol–water partition coefficient (Wildman–Crippen LogP) is 2.34. The van der Waals surface area contributed by atoms with E-state index in [0.29, 0.717) is 11.4 Å². The molecule has 2 aliphatic rings. The van der Waals surface area contributed by atoms with Crippen molar-refractivity contribution in [2.45, 2.75) is 38.0 Å². The summed E-state index contributed by atoms with van der Waals surface area (Å²) in [5, 5.41) is -0.182. The third-order valence-corrected chi connectivity index (χ3v) is 6.87. The second kappa shape index (κ2) is 6.71. The van der Waals surface area contributed by atoms with Gasteiger partial charge < -0.3 is 10.2 Å². The molecule has 1 aromatic heterocycles. The van der Waals surface area contributed by atoms with Crippen LogP contribution in [0.15, 0.2) is 22.9 Å². The highest BCUT2D eigenvalue weighted by atomic mass is 32.2. The van der Waals surface area contributed by atoms with Gasteiger partial charge in [0, 0.05) is 10.6 Å². The summed E-state index contributed by atoms with van der Waals surface area (Å²) in [4.78, 5) is 31.7. The van der Waals surface area contributed by atoms with Crippen LogP contribution in [0, 0.1) is 6.92 Å². The lowest BCUT2D eigenvalue weighted by atomic mass is 10.0. The quantitative estimate of drug-likeness (QED) is 0.622. The number of aromatic nitrogens is 1. The highest BCUT2D eigenvalue weighted by molar-refractivity contribution is 8.00. The van der Waals surface area contributed by atoms with Gasteiger partial charge in [0.1, 0.15) is 17.1 Å². The molecule has 2 atom stereocenters. The van der Waals surface area contributed by atoms with Crippen LogP contribution < -0.4 is 5.73 Å². The summed E-state index contributed by atoms with van der Waals surface area (Å²) in [6.45, 7) is 7.77. The molecule has 1 amide bonds. The molecule has 1 unspecified atom stereocenters.